The fraction of sp³-hybridized carbons (Fsp3) is 0.263. The number of nitrogens with one attached hydrogen (secondary N) is 1. The molecule has 0 saturated carbocycles. The minimum absolute atomic E-state index is 0.139. The van der Waals surface area contributed by atoms with Gasteiger partial charge in [-0.1, -0.05) is 6.07 Å². The van der Waals surface area contributed by atoms with Crippen molar-refractivity contribution in [1.29, 1.82) is 0 Å². The van der Waals surface area contributed by atoms with Gasteiger partial charge in [-0.25, -0.2) is 0 Å². The van der Waals surface area contributed by atoms with Gasteiger partial charge in [0.1, 0.15) is 0 Å². The van der Waals surface area contributed by atoms with Crippen LogP contribution in [-0.2, 0) is 4.79 Å². The van der Waals surface area contributed by atoms with Crippen LogP contribution >= 0.6 is 0 Å². The van der Waals surface area contributed by atoms with Crippen LogP contribution in [0.15, 0.2) is 54.9 Å². The molecule has 2 aromatic rings. The molecule has 0 unspecified atom stereocenters. The third kappa shape index (κ3) is 4.42. The van der Waals surface area contributed by atoms with E-state index in [1.165, 1.54) is 31.0 Å². The highest BCUT2D eigenvalue weighted by Crippen LogP contribution is 2.21. The smallest absolute Gasteiger partial charge is 0.248 e. The molecule has 0 bridgehead atoms. The zero-order chi connectivity index (χ0) is 15.9. The second-order valence-corrected chi connectivity index (χ2v) is 5.70. The Kier molecular flexibility index (Phi) is 5.04. The molecule has 0 spiro atoms. The summed E-state index contributed by atoms with van der Waals surface area (Å²) in [5.41, 5.74) is 2.95. The number of amides is 1. The fourth-order valence-electron chi connectivity index (χ4n) is 2.74. The average Bonchev–Trinajstić information content (AvgIpc) is 2.62. The van der Waals surface area contributed by atoms with Crippen molar-refractivity contribution in [3.05, 3.63) is 60.4 Å². The number of carbonyl (C=O) groups excluding carboxylic acids is 1. The molecule has 0 aliphatic carbocycles. The van der Waals surface area contributed by atoms with Crippen LogP contribution in [-0.4, -0.2) is 24.0 Å². The number of hydrogen-bond acceptors (Lipinski definition) is 3. The van der Waals surface area contributed by atoms with E-state index in [0.29, 0.717) is 0 Å². The van der Waals surface area contributed by atoms with E-state index in [1.54, 1.807) is 18.5 Å². The molecule has 23 heavy (non-hydrogen) atoms. The van der Waals surface area contributed by atoms with Crippen LogP contribution in [0.1, 0.15) is 24.8 Å². The van der Waals surface area contributed by atoms with E-state index < -0.39 is 0 Å². The zero-order valence-electron chi connectivity index (χ0n) is 13.1. The van der Waals surface area contributed by atoms with Crippen molar-refractivity contribution in [1.82, 2.24) is 4.98 Å². The highest BCUT2D eigenvalue weighted by Gasteiger charge is 2.10. The molecule has 4 heteroatoms. The number of benzene rings is 1. The van der Waals surface area contributed by atoms with Crippen LogP contribution in [0.25, 0.3) is 6.08 Å². The summed E-state index contributed by atoms with van der Waals surface area (Å²) in [6.45, 7) is 2.25. The van der Waals surface area contributed by atoms with E-state index in [9.17, 15) is 4.79 Å². The predicted molar refractivity (Wildman–Crippen MR) is 94.4 cm³/mol. The van der Waals surface area contributed by atoms with Gasteiger partial charge < -0.3 is 10.2 Å². The van der Waals surface area contributed by atoms with Crippen LogP contribution in [0, 0.1) is 0 Å². The molecule has 1 amide bonds. The van der Waals surface area contributed by atoms with E-state index in [0.717, 1.165) is 24.3 Å². The lowest BCUT2D eigenvalue weighted by atomic mass is 10.1. The van der Waals surface area contributed by atoms with Gasteiger partial charge in [-0.05, 0) is 61.2 Å². The van der Waals surface area contributed by atoms with Crippen molar-refractivity contribution in [2.75, 3.05) is 23.3 Å². The number of hydrogen-bond donors (Lipinski definition) is 1. The number of carbonyl (C=O) groups is 1. The Hall–Kier alpha value is -2.62. The normalized spacial score (nSPS) is 14.9. The van der Waals surface area contributed by atoms with E-state index >= 15 is 0 Å². The maximum atomic E-state index is 11.9. The zero-order valence-corrected chi connectivity index (χ0v) is 13.1. The third-order valence-corrected chi connectivity index (χ3v) is 3.97. The minimum atomic E-state index is -0.139. The number of rotatable bonds is 4. The van der Waals surface area contributed by atoms with Gasteiger partial charge in [-0.3, -0.25) is 9.78 Å². The first kappa shape index (κ1) is 15.3. The van der Waals surface area contributed by atoms with Crippen LogP contribution in [0.5, 0.6) is 0 Å². The summed E-state index contributed by atoms with van der Waals surface area (Å²) < 4.78 is 0. The molecule has 2 heterocycles. The number of pyridine rings is 1. The number of aromatic nitrogens is 1. The Morgan fingerprint density at radius 1 is 1.09 bits per heavy atom. The summed E-state index contributed by atoms with van der Waals surface area (Å²) in [6, 6.07) is 11.8. The van der Waals surface area contributed by atoms with Crippen molar-refractivity contribution >= 4 is 23.4 Å². The van der Waals surface area contributed by atoms with Crippen LogP contribution in [0.4, 0.5) is 11.4 Å². The second kappa shape index (κ2) is 7.58. The molecule has 0 radical (unpaired) electrons. The van der Waals surface area contributed by atoms with Gasteiger partial charge in [0.25, 0.3) is 0 Å². The lowest BCUT2D eigenvalue weighted by molar-refractivity contribution is -0.111. The average molecular weight is 307 g/mol. The summed E-state index contributed by atoms with van der Waals surface area (Å²) in [7, 11) is 0. The molecule has 1 N–H and O–H groups in total. The molecule has 1 aromatic heterocycles. The minimum Gasteiger partial charge on any atom is -0.372 e. The Balaban J connectivity index is 1.57. The summed E-state index contributed by atoms with van der Waals surface area (Å²) in [5.74, 6) is -0.139. The summed E-state index contributed by atoms with van der Waals surface area (Å²) in [4.78, 5) is 18.4. The molecule has 1 aliphatic heterocycles. The lowest BCUT2D eigenvalue weighted by Gasteiger charge is -2.28. The number of nitrogens with zero attached hydrogens (tertiary/aromatic N) is 2. The maximum Gasteiger partial charge on any atom is 0.248 e. The molecule has 4 nitrogen and oxygen atoms in total. The van der Waals surface area contributed by atoms with Crippen LogP contribution < -0.4 is 10.2 Å². The van der Waals surface area contributed by atoms with Gasteiger partial charge in [-0.2, -0.15) is 0 Å². The standard InChI is InChI=1S/C19H21N3O/c23-19(11-6-16-5-4-12-20-15-16)21-17-7-9-18(10-8-17)22-13-2-1-3-14-22/h4-12,15H,1-3,13-14H2,(H,21,23)/b11-6+. The lowest BCUT2D eigenvalue weighted by Crippen LogP contribution is -2.29. The van der Waals surface area contributed by atoms with Crippen LogP contribution in [0.2, 0.25) is 0 Å². The van der Waals surface area contributed by atoms with Crippen molar-refractivity contribution in [3.8, 4) is 0 Å². The number of piperidine rings is 1. The summed E-state index contributed by atoms with van der Waals surface area (Å²) in [5, 5.41) is 2.88. The Morgan fingerprint density at radius 3 is 2.57 bits per heavy atom. The Morgan fingerprint density at radius 2 is 1.87 bits per heavy atom. The van der Waals surface area contributed by atoms with Crippen molar-refractivity contribution in [2.24, 2.45) is 0 Å². The van der Waals surface area contributed by atoms with E-state index in [4.69, 9.17) is 0 Å². The largest absolute Gasteiger partial charge is 0.372 e. The summed E-state index contributed by atoms with van der Waals surface area (Å²) >= 11 is 0. The van der Waals surface area contributed by atoms with Gasteiger partial charge in [0.05, 0.1) is 0 Å². The quantitative estimate of drug-likeness (QED) is 0.876. The van der Waals surface area contributed by atoms with E-state index in [-0.39, 0.29) is 5.91 Å². The first-order valence-corrected chi connectivity index (χ1v) is 8.05. The van der Waals surface area contributed by atoms with Gasteiger partial charge in [0.2, 0.25) is 5.91 Å². The monoisotopic (exact) mass is 307 g/mol. The molecule has 118 valence electrons. The third-order valence-electron chi connectivity index (χ3n) is 3.97. The van der Waals surface area contributed by atoms with Gasteiger partial charge in [0.15, 0.2) is 0 Å². The summed E-state index contributed by atoms with van der Waals surface area (Å²) in [6.07, 6.45) is 10.6. The Bertz CT molecular complexity index is 659. The topological polar surface area (TPSA) is 45.2 Å². The van der Waals surface area contributed by atoms with Crippen molar-refractivity contribution < 1.29 is 4.79 Å². The van der Waals surface area contributed by atoms with Crippen LogP contribution in [0.3, 0.4) is 0 Å². The highest BCUT2D eigenvalue weighted by molar-refractivity contribution is 6.01. The highest BCUT2D eigenvalue weighted by atomic mass is 16.1. The van der Waals surface area contributed by atoms with E-state index in [2.05, 4.69) is 27.3 Å². The second-order valence-electron chi connectivity index (χ2n) is 5.70. The fourth-order valence-corrected chi connectivity index (χ4v) is 2.74. The van der Waals surface area contributed by atoms with Crippen molar-refractivity contribution in [3.63, 3.8) is 0 Å². The molecule has 1 aliphatic rings. The van der Waals surface area contributed by atoms with E-state index in [1.807, 2.05) is 24.3 Å². The van der Waals surface area contributed by atoms with Gasteiger partial charge >= 0.3 is 0 Å². The molecular formula is C19H21N3O. The first-order valence-electron chi connectivity index (χ1n) is 8.05. The van der Waals surface area contributed by atoms with Gasteiger partial charge in [0, 0.05) is 42.9 Å². The first-order chi connectivity index (χ1) is 11.3. The van der Waals surface area contributed by atoms with Gasteiger partial charge in [-0.15, -0.1) is 0 Å². The molecule has 1 saturated heterocycles. The molecule has 3 rings (SSSR count). The maximum absolute atomic E-state index is 11.9. The molecule has 1 aromatic carbocycles. The predicted octanol–water partition coefficient (Wildman–Crippen LogP) is 3.72. The molecular weight excluding hydrogens is 286 g/mol. The number of anilines is 2. The Labute approximate surface area is 136 Å². The molecule has 0 atom stereocenters. The molecule has 1 fully saturated rings. The SMILES string of the molecule is O=C(/C=C/c1cccnc1)Nc1ccc(N2CCCCC2)cc1. The van der Waals surface area contributed by atoms with Crippen molar-refractivity contribution in [2.45, 2.75) is 19.3 Å².